The van der Waals surface area contributed by atoms with Crippen LogP contribution in [-0.2, 0) is 0 Å². The zero-order valence-corrected chi connectivity index (χ0v) is 10.2. The van der Waals surface area contributed by atoms with E-state index in [2.05, 4.69) is 35.3 Å². The summed E-state index contributed by atoms with van der Waals surface area (Å²) < 4.78 is 2.04. The highest BCUT2D eigenvalue weighted by Crippen LogP contribution is 2.21. The van der Waals surface area contributed by atoms with Crippen molar-refractivity contribution in [1.29, 1.82) is 0 Å². The van der Waals surface area contributed by atoms with Crippen molar-refractivity contribution in [2.75, 3.05) is 0 Å². The van der Waals surface area contributed by atoms with E-state index in [4.69, 9.17) is 5.73 Å². The predicted octanol–water partition coefficient (Wildman–Crippen LogP) is 3.05. The van der Waals surface area contributed by atoms with Crippen molar-refractivity contribution >= 4 is 10.8 Å². The maximum Gasteiger partial charge on any atom is 0.0994 e. The first-order valence-electron chi connectivity index (χ1n) is 6.03. The quantitative estimate of drug-likeness (QED) is 0.744. The third-order valence-corrected chi connectivity index (χ3v) is 3.14. The van der Waals surface area contributed by atoms with E-state index in [0.29, 0.717) is 0 Å². The van der Waals surface area contributed by atoms with Gasteiger partial charge in [0.1, 0.15) is 0 Å². The summed E-state index contributed by atoms with van der Waals surface area (Å²) in [6.07, 6.45) is 3.63. The van der Waals surface area contributed by atoms with Crippen LogP contribution in [0.3, 0.4) is 0 Å². The van der Waals surface area contributed by atoms with Gasteiger partial charge in [-0.05, 0) is 29.8 Å². The molecule has 0 bridgehead atoms. The van der Waals surface area contributed by atoms with Gasteiger partial charge < -0.3 is 10.3 Å². The van der Waals surface area contributed by atoms with E-state index in [9.17, 15) is 0 Å². The maximum absolute atomic E-state index is 5.95. The van der Waals surface area contributed by atoms with Gasteiger partial charge in [-0.3, -0.25) is 0 Å². The molecule has 0 amide bonds. The number of fused-ring (bicyclic) bond motifs is 1. The second-order valence-corrected chi connectivity index (χ2v) is 4.51. The number of nitrogens with two attached hydrogens (primary N) is 1. The molecule has 3 rings (SSSR count). The van der Waals surface area contributed by atoms with Crippen LogP contribution in [0.15, 0.2) is 55.0 Å². The second-order valence-electron chi connectivity index (χ2n) is 4.51. The molecule has 1 aromatic heterocycles. The van der Waals surface area contributed by atoms with Gasteiger partial charge in [-0.1, -0.05) is 30.3 Å². The topological polar surface area (TPSA) is 43.8 Å². The summed E-state index contributed by atoms with van der Waals surface area (Å²) in [6, 6.07) is 14.7. The Morgan fingerprint density at radius 2 is 1.89 bits per heavy atom. The fourth-order valence-corrected chi connectivity index (χ4v) is 2.18. The molecule has 90 valence electrons. The van der Waals surface area contributed by atoms with Crippen molar-refractivity contribution in [3.63, 3.8) is 0 Å². The van der Waals surface area contributed by atoms with Gasteiger partial charge in [0, 0.05) is 11.7 Å². The first kappa shape index (κ1) is 11.0. The molecule has 0 aliphatic rings. The lowest BCUT2D eigenvalue weighted by atomic mass is 10.1. The number of hydrogen-bond acceptors (Lipinski definition) is 2. The van der Waals surface area contributed by atoms with Crippen LogP contribution >= 0.6 is 0 Å². The number of imidazole rings is 1. The highest BCUT2D eigenvalue weighted by atomic mass is 15.1. The monoisotopic (exact) mass is 237 g/mol. The zero-order chi connectivity index (χ0) is 12.5. The number of nitrogens with zero attached hydrogens (tertiary/aromatic N) is 2. The smallest absolute Gasteiger partial charge is 0.0994 e. The lowest BCUT2D eigenvalue weighted by molar-refractivity contribution is 0.753. The summed E-state index contributed by atoms with van der Waals surface area (Å²) in [5.41, 5.74) is 8.06. The number of hydrogen-bond donors (Lipinski definition) is 1. The molecule has 18 heavy (non-hydrogen) atoms. The normalized spacial score (nSPS) is 12.8. The van der Waals surface area contributed by atoms with Crippen LogP contribution in [0.4, 0.5) is 0 Å². The van der Waals surface area contributed by atoms with E-state index in [1.165, 1.54) is 10.8 Å². The zero-order valence-electron chi connectivity index (χ0n) is 10.2. The Hall–Kier alpha value is -2.13. The third kappa shape index (κ3) is 1.79. The molecule has 2 aromatic carbocycles. The van der Waals surface area contributed by atoms with Gasteiger partial charge in [-0.2, -0.15) is 0 Å². The Labute approximate surface area is 106 Å². The first-order chi connectivity index (χ1) is 8.75. The van der Waals surface area contributed by atoms with E-state index in [1.807, 2.05) is 36.1 Å². The highest BCUT2D eigenvalue weighted by molar-refractivity contribution is 5.84. The summed E-state index contributed by atoms with van der Waals surface area (Å²) in [5, 5.41) is 2.46. The molecule has 1 heterocycles. The molecule has 0 aliphatic heterocycles. The third-order valence-electron chi connectivity index (χ3n) is 3.14. The molecule has 0 spiro atoms. The molecule has 3 aromatic rings. The Morgan fingerprint density at radius 3 is 2.67 bits per heavy atom. The molecule has 0 fully saturated rings. The van der Waals surface area contributed by atoms with Gasteiger partial charge in [0.25, 0.3) is 0 Å². The lowest BCUT2D eigenvalue weighted by Gasteiger charge is -2.11. The lowest BCUT2D eigenvalue weighted by Crippen LogP contribution is -2.10. The summed E-state index contributed by atoms with van der Waals surface area (Å²) in [6.45, 7) is 1.97. The molecule has 0 aliphatic carbocycles. The van der Waals surface area contributed by atoms with E-state index < -0.39 is 0 Å². The van der Waals surface area contributed by atoms with Gasteiger partial charge >= 0.3 is 0 Å². The standard InChI is InChI=1S/C15H15N3/c1-11(16)15-9-17-10-18(15)14-7-6-12-4-2-3-5-13(12)8-14/h2-11H,16H2,1H3/t11-/m0/s1. The van der Waals surface area contributed by atoms with Crippen LogP contribution in [0.1, 0.15) is 18.7 Å². The van der Waals surface area contributed by atoms with E-state index >= 15 is 0 Å². The van der Waals surface area contributed by atoms with Crippen molar-refractivity contribution in [2.45, 2.75) is 13.0 Å². The van der Waals surface area contributed by atoms with Crippen LogP contribution in [0.2, 0.25) is 0 Å². The van der Waals surface area contributed by atoms with Crippen LogP contribution < -0.4 is 5.73 Å². The fraction of sp³-hybridized carbons (Fsp3) is 0.133. The first-order valence-corrected chi connectivity index (χ1v) is 6.03. The minimum atomic E-state index is -0.0287. The molecular weight excluding hydrogens is 222 g/mol. The van der Waals surface area contributed by atoms with Gasteiger partial charge in [0.05, 0.1) is 18.2 Å². The molecule has 0 unspecified atom stereocenters. The molecule has 3 nitrogen and oxygen atoms in total. The van der Waals surface area contributed by atoms with E-state index in [0.717, 1.165) is 11.4 Å². The molecule has 0 radical (unpaired) electrons. The summed E-state index contributed by atoms with van der Waals surface area (Å²) >= 11 is 0. The van der Waals surface area contributed by atoms with Crippen molar-refractivity contribution in [3.05, 3.63) is 60.7 Å². The largest absolute Gasteiger partial charge is 0.323 e. The predicted molar refractivity (Wildman–Crippen MR) is 73.7 cm³/mol. The fourth-order valence-electron chi connectivity index (χ4n) is 2.18. The highest BCUT2D eigenvalue weighted by Gasteiger charge is 2.08. The summed E-state index contributed by atoms with van der Waals surface area (Å²) in [7, 11) is 0. The second kappa shape index (κ2) is 4.27. The summed E-state index contributed by atoms with van der Waals surface area (Å²) in [4.78, 5) is 4.18. The molecule has 2 N–H and O–H groups in total. The molecule has 0 saturated heterocycles. The Morgan fingerprint density at radius 1 is 1.11 bits per heavy atom. The van der Waals surface area contributed by atoms with Crippen LogP contribution in [0.25, 0.3) is 16.5 Å². The summed E-state index contributed by atoms with van der Waals surface area (Å²) in [5.74, 6) is 0. The average molecular weight is 237 g/mol. The number of rotatable bonds is 2. The molecule has 0 saturated carbocycles. The van der Waals surface area contributed by atoms with Crippen LogP contribution in [0.5, 0.6) is 0 Å². The molecule has 3 heteroatoms. The Bertz CT molecular complexity index is 683. The van der Waals surface area contributed by atoms with Gasteiger partial charge in [0.2, 0.25) is 0 Å². The van der Waals surface area contributed by atoms with Gasteiger partial charge in [0.15, 0.2) is 0 Å². The molecule has 1 atom stereocenters. The van der Waals surface area contributed by atoms with Crippen molar-refractivity contribution in [3.8, 4) is 5.69 Å². The SMILES string of the molecule is C[C@H](N)c1cncn1-c1ccc2ccccc2c1. The minimum absolute atomic E-state index is 0.0287. The Balaban J connectivity index is 2.16. The minimum Gasteiger partial charge on any atom is -0.323 e. The average Bonchev–Trinajstić information content (AvgIpc) is 2.87. The molecular formula is C15H15N3. The Kier molecular flexibility index (Phi) is 2.61. The van der Waals surface area contributed by atoms with Crippen molar-refractivity contribution < 1.29 is 0 Å². The number of benzene rings is 2. The van der Waals surface area contributed by atoms with Crippen LogP contribution in [-0.4, -0.2) is 9.55 Å². The van der Waals surface area contributed by atoms with Gasteiger partial charge in [-0.15, -0.1) is 0 Å². The van der Waals surface area contributed by atoms with E-state index in [-0.39, 0.29) is 6.04 Å². The van der Waals surface area contributed by atoms with Crippen molar-refractivity contribution in [2.24, 2.45) is 5.73 Å². The van der Waals surface area contributed by atoms with Crippen molar-refractivity contribution in [1.82, 2.24) is 9.55 Å². The maximum atomic E-state index is 5.95. The van der Waals surface area contributed by atoms with Gasteiger partial charge in [-0.25, -0.2) is 4.98 Å². The number of aromatic nitrogens is 2. The van der Waals surface area contributed by atoms with Crippen LogP contribution in [0, 0.1) is 0 Å². The van der Waals surface area contributed by atoms with E-state index in [1.54, 1.807) is 0 Å².